The van der Waals surface area contributed by atoms with Crippen molar-refractivity contribution in [1.29, 1.82) is 0 Å². The van der Waals surface area contributed by atoms with Gasteiger partial charge in [0, 0.05) is 22.9 Å². The Hall–Kier alpha value is -3.61. The molecular formula is C21H16F2N2O3. The molecule has 3 rings (SSSR count). The van der Waals surface area contributed by atoms with Crippen molar-refractivity contribution in [1.82, 2.24) is 9.78 Å². The van der Waals surface area contributed by atoms with E-state index < -0.39 is 17.6 Å². The van der Waals surface area contributed by atoms with E-state index in [1.165, 1.54) is 47.2 Å². The number of allylic oxidation sites excluding steroid dienone is 1. The molecule has 0 aliphatic rings. The van der Waals surface area contributed by atoms with Crippen molar-refractivity contribution in [3.05, 3.63) is 83.6 Å². The summed E-state index contributed by atoms with van der Waals surface area (Å²) in [6.07, 6.45) is 4.39. The average Bonchev–Trinajstić information content (AvgIpc) is 3.09. The number of carboxylic acid groups (broad SMARTS) is 1. The zero-order chi connectivity index (χ0) is 20.1. The number of aliphatic carboxylic acids is 1. The monoisotopic (exact) mass is 382 g/mol. The fourth-order valence-corrected chi connectivity index (χ4v) is 2.59. The molecule has 142 valence electrons. The van der Waals surface area contributed by atoms with Crippen LogP contribution < -0.4 is 0 Å². The van der Waals surface area contributed by atoms with Gasteiger partial charge in [0.1, 0.15) is 11.6 Å². The highest BCUT2D eigenvalue weighted by atomic mass is 19.1. The Morgan fingerprint density at radius 2 is 1.61 bits per heavy atom. The van der Waals surface area contributed by atoms with E-state index in [9.17, 15) is 18.4 Å². The van der Waals surface area contributed by atoms with Gasteiger partial charge in [0.2, 0.25) is 0 Å². The second kappa shape index (κ2) is 8.39. The molecule has 0 aliphatic heterocycles. The molecular weight excluding hydrogens is 366 g/mol. The van der Waals surface area contributed by atoms with Crippen LogP contribution in [0.15, 0.2) is 60.8 Å². The van der Waals surface area contributed by atoms with Gasteiger partial charge in [-0.15, -0.1) is 0 Å². The molecule has 2 aromatic carbocycles. The Morgan fingerprint density at radius 3 is 2.21 bits per heavy atom. The lowest BCUT2D eigenvalue weighted by molar-refractivity contribution is -0.137. The number of carbonyl (C=O) groups is 2. The fraction of sp³-hybridized carbons (Fsp3) is 0.0952. The van der Waals surface area contributed by atoms with Gasteiger partial charge < -0.3 is 5.11 Å². The van der Waals surface area contributed by atoms with Crippen LogP contribution in [0, 0.1) is 11.6 Å². The number of carboxylic acids is 1. The minimum atomic E-state index is -0.956. The van der Waals surface area contributed by atoms with Crippen LogP contribution in [-0.2, 0) is 11.3 Å². The number of hydrogen-bond acceptors (Lipinski definition) is 3. The molecule has 0 fully saturated rings. The lowest BCUT2D eigenvalue weighted by atomic mass is 10.1. The fourth-order valence-electron chi connectivity index (χ4n) is 2.59. The molecule has 0 bridgehead atoms. The van der Waals surface area contributed by atoms with Gasteiger partial charge in [-0.05, 0) is 60.7 Å². The average molecular weight is 382 g/mol. The summed E-state index contributed by atoms with van der Waals surface area (Å²) in [6, 6.07) is 10.9. The maximum atomic E-state index is 13.2. The minimum Gasteiger partial charge on any atom is -0.481 e. The zero-order valence-electron chi connectivity index (χ0n) is 14.7. The van der Waals surface area contributed by atoms with Gasteiger partial charge >= 0.3 is 5.97 Å². The van der Waals surface area contributed by atoms with Crippen molar-refractivity contribution in [2.75, 3.05) is 0 Å². The number of nitrogens with zero attached hydrogens (tertiary/aromatic N) is 2. The molecule has 1 N–H and O–H groups in total. The third-order valence-electron chi connectivity index (χ3n) is 4.01. The summed E-state index contributed by atoms with van der Waals surface area (Å²) in [5.74, 6) is -2.10. The van der Waals surface area contributed by atoms with Crippen LogP contribution in [0.1, 0.15) is 22.3 Å². The van der Waals surface area contributed by atoms with Crippen LogP contribution in [0.4, 0.5) is 8.78 Å². The van der Waals surface area contributed by atoms with Crippen LogP contribution in [0.25, 0.3) is 17.3 Å². The molecule has 0 saturated carbocycles. The Morgan fingerprint density at radius 1 is 1.00 bits per heavy atom. The predicted octanol–water partition coefficient (Wildman–Crippen LogP) is 4.20. The van der Waals surface area contributed by atoms with Crippen LogP contribution >= 0.6 is 0 Å². The first kappa shape index (κ1) is 19.2. The van der Waals surface area contributed by atoms with Crippen LogP contribution in [0.3, 0.4) is 0 Å². The molecule has 7 heteroatoms. The first-order valence-electron chi connectivity index (χ1n) is 8.45. The summed E-state index contributed by atoms with van der Waals surface area (Å²) >= 11 is 0. The molecule has 0 radical (unpaired) electrons. The molecule has 0 amide bonds. The number of aryl methyl sites for hydroxylation is 1. The molecule has 3 aromatic rings. The van der Waals surface area contributed by atoms with E-state index in [2.05, 4.69) is 5.10 Å². The Kier molecular flexibility index (Phi) is 5.74. The van der Waals surface area contributed by atoms with Crippen molar-refractivity contribution in [3.63, 3.8) is 0 Å². The van der Waals surface area contributed by atoms with Crippen molar-refractivity contribution in [2.45, 2.75) is 13.0 Å². The van der Waals surface area contributed by atoms with Gasteiger partial charge in [0.05, 0.1) is 18.7 Å². The van der Waals surface area contributed by atoms with E-state index in [0.29, 0.717) is 22.4 Å². The molecule has 1 heterocycles. The number of benzene rings is 2. The van der Waals surface area contributed by atoms with E-state index in [-0.39, 0.29) is 18.7 Å². The first-order chi connectivity index (χ1) is 13.4. The maximum absolute atomic E-state index is 13.2. The second-order valence-electron chi connectivity index (χ2n) is 6.05. The van der Waals surface area contributed by atoms with E-state index in [1.54, 1.807) is 24.4 Å². The van der Waals surface area contributed by atoms with E-state index in [4.69, 9.17) is 5.11 Å². The highest BCUT2D eigenvalue weighted by Gasteiger charge is 2.11. The lowest BCUT2D eigenvalue weighted by Gasteiger charge is -2.00. The van der Waals surface area contributed by atoms with Crippen LogP contribution in [0.5, 0.6) is 0 Å². The Balaban J connectivity index is 1.90. The number of hydrogen-bond donors (Lipinski definition) is 1. The third kappa shape index (κ3) is 4.76. The van der Waals surface area contributed by atoms with E-state index >= 15 is 0 Å². The largest absolute Gasteiger partial charge is 0.481 e. The summed E-state index contributed by atoms with van der Waals surface area (Å²) < 4.78 is 27.7. The maximum Gasteiger partial charge on any atom is 0.305 e. The van der Waals surface area contributed by atoms with Gasteiger partial charge in [0.15, 0.2) is 5.78 Å². The number of rotatable bonds is 7. The number of ketones is 1. The molecule has 0 spiro atoms. The summed E-state index contributed by atoms with van der Waals surface area (Å²) in [5, 5.41) is 13.2. The Bertz CT molecular complexity index is 1020. The van der Waals surface area contributed by atoms with E-state index in [0.717, 1.165) is 0 Å². The van der Waals surface area contributed by atoms with Gasteiger partial charge in [-0.2, -0.15) is 5.10 Å². The number of carbonyl (C=O) groups excluding carboxylic acids is 1. The van der Waals surface area contributed by atoms with Crippen molar-refractivity contribution in [2.24, 2.45) is 0 Å². The summed E-state index contributed by atoms with van der Waals surface area (Å²) in [4.78, 5) is 23.1. The SMILES string of the molecule is O=C(O)CCn1cc(/C=C\C(=O)c2ccc(F)cc2)c(-c2ccc(F)cc2)n1. The molecule has 0 unspecified atom stereocenters. The van der Waals surface area contributed by atoms with Crippen LogP contribution in [-0.4, -0.2) is 26.6 Å². The molecule has 0 aliphatic carbocycles. The summed E-state index contributed by atoms with van der Waals surface area (Å²) in [7, 11) is 0. The molecule has 1 aromatic heterocycles. The van der Waals surface area contributed by atoms with E-state index in [1.807, 2.05) is 0 Å². The van der Waals surface area contributed by atoms with Crippen molar-refractivity contribution < 1.29 is 23.5 Å². The summed E-state index contributed by atoms with van der Waals surface area (Å²) in [5.41, 5.74) is 2.03. The normalized spacial score (nSPS) is 11.1. The van der Waals surface area contributed by atoms with Gasteiger partial charge in [0.25, 0.3) is 0 Å². The van der Waals surface area contributed by atoms with Gasteiger partial charge in [-0.1, -0.05) is 0 Å². The van der Waals surface area contributed by atoms with Gasteiger partial charge in [-0.3, -0.25) is 14.3 Å². The third-order valence-corrected chi connectivity index (χ3v) is 4.01. The molecule has 28 heavy (non-hydrogen) atoms. The number of aromatic nitrogens is 2. The van der Waals surface area contributed by atoms with Gasteiger partial charge in [-0.25, -0.2) is 8.78 Å². The van der Waals surface area contributed by atoms with Crippen molar-refractivity contribution >= 4 is 17.8 Å². The Labute approximate surface area is 159 Å². The lowest BCUT2D eigenvalue weighted by Crippen LogP contribution is -2.04. The highest BCUT2D eigenvalue weighted by molar-refractivity contribution is 6.07. The molecule has 0 saturated heterocycles. The predicted molar refractivity (Wildman–Crippen MR) is 99.6 cm³/mol. The second-order valence-corrected chi connectivity index (χ2v) is 6.05. The summed E-state index contributed by atoms with van der Waals surface area (Å²) in [6.45, 7) is 0.156. The highest BCUT2D eigenvalue weighted by Crippen LogP contribution is 2.24. The smallest absolute Gasteiger partial charge is 0.305 e. The zero-order valence-corrected chi connectivity index (χ0v) is 14.7. The van der Waals surface area contributed by atoms with Crippen molar-refractivity contribution in [3.8, 4) is 11.3 Å². The minimum absolute atomic E-state index is 0.109. The molecule has 5 nitrogen and oxygen atoms in total. The molecule has 0 atom stereocenters. The quantitative estimate of drug-likeness (QED) is 0.491. The standard InChI is InChI=1S/C21H16F2N2O3/c22-17-6-1-14(2-7-17)19(26)10-5-16-13-25(12-11-20(27)28)24-21(16)15-3-8-18(23)9-4-15/h1-10,13H,11-12H2,(H,27,28)/b10-5-. The topological polar surface area (TPSA) is 72.2 Å². The van der Waals surface area contributed by atoms with Crippen LogP contribution in [0.2, 0.25) is 0 Å². The first-order valence-corrected chi connectivity index (χ1v) is 8.45. The number of halogens is 2.